The summed E-state index contributed by atoms with van der Waals surface area (Å²) >= 11 is 1.61. The number of ether oxygens (including phenoxy) is 1. The first-order chi connectivity index (χ1) is 10.9. The Bertz CT molecular complexity index is 805. The summed E-state index contributed by atoms with van der Waals surface area (Å²) in [6.07, 6.45) is 3.52. The van der Waals surface area contributed by atoms with Gasteiger partial charge in [-0.25, -0.2) is 4.68 Å². The predicted molar refractivity (Wildman–Crippen MR) is 84.2 cm³/mol. The third kappa shape index (κ3) is 2.10. The summed E-state index contributed by atoms with van der Waals surface area (Å²) in [5.74, 6) is 1.61. The maximum atomic E-state index is 5.44. The zero-order valence-electron chi connectivity index (χ0n) is 11.8. The quantitative estimate of drug-likeness (QED) is 0.802. The fraction of sp³-hybridized carbons (Fsp3) is 0.133. The van der Waals surface area contributed by atoms with Crippen LogP contribution in [-0.4, -0.2) is 27.0 Å². The number of thioether (sulfide) groups is 1. The molecule has 0 fully saturated rings. The molecule has 1 aliphatic heterocycles. The lowest BCUT2D eigenvalue weighted by Crippen LogP contribution is -2.14. The van der Waals surface area contributed by atoms with Crippen LogP contribution in [0.5, 0.6) is 5.75 Å². The third-order valence-corrected chi connectivity index (χ3v) is 4.51. The van der Waals surface area contributed by atoms with Crippen LogP contribution in [0, 0.1) is 0 Å². The van der Waals surface area contributed by atoms with E-state index < -0.39 is 0 Å². The van der Waals surface area contributed by atoms with Crippen LogP contribution in [0.25, 0.3) is 11.4 Å². The summed E-state index contributed by atoms with van der Waals surface area (Å²) in [5.41, 5.74) is 5.43. The van der Waals surface area contributed by atoms with Gasteiger partial charge in [-0.15, -0.1) is 10.2 Å². The van der Waals surface area contributed by atoms with E-state index in [-0.39, 0.29) is 5.37 Å². The minimum atomic E-state index is 0.0390. The standard InChI is InChI=1S/C15H13N5OS/c1-21-12-7-3-2-6-11(12)14-19-20-13(17-18-15(20)22-14)10-5-4-8-16-9-10/h2-9,14,19H,1H3/t14-/m0/s1. The maximum absolute atomic E-state index is 5.44. The minimum absolute atomic E-state index is 0.0390. The number of rotatable bonds is 3. The van der Waals surface area contributed by atoms with Crippen molar-refractivity contribution in [3.63, 3.8) is 0 Å². The van der Waals surface area contributed by atoms with Gasteiger partial charge in [0.25, 0.3) is 0 Å². The van der Waals surface area contributed by atoms with Gasteiger partial charge in [-0.1, -0.05) is 30.0 Å². The van der Waals surface area contributed by atoms with E-state index >= 15 is 0 Å². The van der Waals surface area contributed by atoms with Gasteiger partial charge in [0.15, 0.2) is 5.82 Å². The van der Waals surface area contributed by atoms with Gasteiger partial charge in [0.1, 0.15) is 11.1 Å². The molecular weight excluding hydrogens is 298 g/mol. The Morgan fingerprint density at radius 1 is 1.18 bits per heavy atom. The number of para-hydroxylation sites is 1. The van der Waals surface area contributed by atoms with Crippen LogP contribution in [0.2, 0.25) is 0 Å². The van der Waals surface area contributed by atoms with E-state index in [0.29, 0.717) is 0 Å². The van der Waals surface area contributed by atoms with Gasteiger partial charge in [-0.05, 0) is 18.2 Å². The molecule has 3 aromatic rings. The first-order valence-electron chi connectivity index (χ1n) is 6.79. The van der Waals surface area contributed by atoms with Gasteiger partial charge in [-0.3, -0.25) is 4.98 Å². The molecular formula is C15H13N5OS. The molecule has 0 saturated carbocycles. The molecule has 4 rings (SSSR count). The number of fused-ring (bicyclic) bond motifs is 1. The molecule has 1 atom stereocenters. The SMILES string of the molecule is COc1ccccc1[C@H]1Nn2c(nnc2-c2cccnc2)S1. The van der Waals surface area contributed by atoms with Crippen LogP contribution in [0.15, 0.2) is 53.9 Å². The fourth-order valence-electron chi connectivity index (χ4n) is 2.41. The average Bonchev–Trinajstić information content (AvgIpc) is 3.16. The molecule has 0 unspecified atom stereocenters. The molecule has 0 saturated heterocycles. The number of nitrogens with zero attached hydrogens (tertiary/aromatic N) is 4. The van der Waals surface area contributed by atoms with Gasteiger partial charge < -0.3 is 10.2 Å². The summed E-state index contributed by atoms with van der Waals surface area (Å²) < 4.78 is 7.34. The lowest BCUT2D eigenvalue weighted by atomic mass is 10.2. The van der Waals surface area contributed by atoms with Crippen molar-refractivity contribution < 1.29 is 4.74 Å². The Morgan fingerprint density at radius 3 is 2.91 bits per heavy atom. The van der Waals surface area contributed by atoms with Crippen molar-refractivity contribution in [2.24, 2.45) is 0 Å². The number of hydrogen-bond donors (Lipinski definition) is 1. The van der Waals surface area contributed by atoms with E-state index in [1.807, 2.05) is 41.1 Å². The van der Waals surface area contributed by atoms with Gasteiger partial charge in [0.05, 0.1) is 7.11 Å². The summed E-state index contributed by atoms with van der Waals surface area (Å²) in [4.78, 5) is 4.14. The summed E-state index contributed by atoms with van der Waals surface area (Å²) in [5, 5.41) is 9.35. The third-order valence-electron chi connectivity index (χ3n) is 3.44. The fourth-order valence-corrected chi connectivity index (χ4v) is 3.43. The van der Waals surface area contributed by atoms with Gasteiger partial charge in [-0.2, -0.15) is 0 Å². The number of hydrogen-bond acceptors (Lipinski definition) is 6. The largest absolute Gasteiger partial charge is 0.496 e. The number of aromatic nitrogens is 4. The smallest absolute Gasteiger partial charge is 0.212 e. The molecule has 7 heteroatoms. The lowest BCUT2D eigenvalue weighted by Gasteiger charge is -2.15. The van der Waals surface area contributed by atoms with Gasteiger partial charge in [0, 0.05) is 23.5 Å². The highest BCUT2D eigenvalue weighted by Gasteiger charge is 2.29. The highest BCUT2D eigenvalue weighted by molar-refractivity contribution is 7.99. The second-order valence-corrected chi connectivity index (χ2v) is 5.82. The number of nitrogens with one attached hydrogen (secondary N) is 1. The second-order valence-electron chi connectivity index (χ2n) is 4.75. The Balaban J connectivity index is 1.68. The minimum Gasteiger partial charge on any atom is -0.496 e. The maximum Gasteiger partial charge on any atom is 0.212 e. The zero-order chi connectivity index (χ0) is 14.9. The van der Waals surface area contributed by atoms with Crippen molar-refractivity contribution in [2.75, 3.05) is 12.5 Å². The number of methoxy groups -OCH3 is 1. The molecule has 0 spiro atoms. The van der Waals surface area contributed by atoms with Crippen LogP contribution >= 0.6 is 11.8 Å². The van der Waals surface area contributed by atoms with E-state index in [2.05, 4.69) is 20.6 Å². The molecule has 0 radical (unpaired) electrons. The first kappa shape index (κ1) is 13.1. The monoisotopic (exact) mass is 311 g/mol. The van der Waals surface area contributed by atoms with E-state index in [9.17, 15) is 0 Å². The normalized spacial score (nSPS) is 16.1. The molecule has 1 aliphatic rings. The molecule has 110 valence electrons. The van der Waals surface area contributed by atoms with Crippen LogP contribution in [0.4, 0.5) is 0 Å². The van der Waals surface area contributed by atoms with E-state index in [4.69, 9.17) is 4.74 Å². The van der Waals surface area contributed by atoms with Crippen molar-refractivity contribution in [3.05, 3.63) is 54.4 Å². The van der Waals surface area contributed by atoms with Crippen molar-refractivity contribution in [1.82, 2.24) is 19.9 Å². The summed E-state index contributed by atoms with van der Waals surface area (Å²) in [6, 6.07) is 11.8. The Hall–Kier alpha value is -2.54. The van der Waals surface area contributed by atoms with Crippen LogP contribution in [-0.2, 0) is 0 Å². The van der Waals surface area contributed by atoms with E-state index in [1.165, 1.54) is 0 Å². The van der Waals surface area contributed by atoms with Gasteiger partial charge in [0.2, 0.25) is 5.16 Å². The molecule has 22 heavy (non-hydrogen) atoms. The van der Waals surface area contributed by atoms with Gasteiger partial charge >= 0.3 is 0 Å². The molecule has 1 aromatic carbocycles. The number of benzene rings is 1. The molecule has 3 heterocycles. The topological polar surface area (TPSA) is 64.9 Å². The Kier molecular flexibility index (Phi) is 3.19. The molecule has 0 aliphatic carbocycles. The molecule has 6 nitrogen and oxygen atoms in total. The second kappa shape index (κ2) is 5.34. The van der Waals surface area contributed by atoms with Crippen molar-refractivity contribution in [1.29, 1.82) is 0 Å². The molecule has 2 aromatic heterocycles. The molecule has 1 N–H and O–H groups in total. The van der Waals surface area contributed by atoms with E-state index in [1.54, 1.807) is 31.3 Å². The van der Waals surface area contributed by atoms with Crippen LogP contribution < -0.4 is 10.2 Å². The van der Waals surface area contributed by atoms with E-state index in [0.717, 1.165) is 27.9 Å². The van der Waals surface area contributed by atoms with Crippen molar-refractivity contribution in [3.8, 4) is 17.1 Å². The Morgan fingerprint density at radius 2 is 2.09 bits per heavy atom. The number of pyridine rings is 1. The predicted octanol–water partition coefficient (Wildman–Crippen LogP) is 2.70. The van der Waals surface area contributed by atoms with Crippen molar-refractivity contribution >= 4 is 11.8 Å². The highest BCUT2D eigenvalue weighted by Crippen LogP contribution is 2.42. The Labute approximate surface area is 131 Å². The van der Waals surface area contributed by atoms with Crippen LogP contribution in [0.1, 0.15) is 10.9 Å². The zero-order valence-corrected chi connectivity index (χ0v) is 12.6. The first-order valence-corrected chi connectivity index (χ1v) is 7.67. The summed E-state index contributed by atoms with van der Waals surface area (Å²) in [6.45, 7) is 0. The van der Waals surface area contributed by atoms with Crippen molar-refractivity contribution in [2.45, 2.75) is 10.5 Å². The van der Waals surface area contributed by atoms with Crippen LogP contribution in [0.3, 0.4) is 0 Å². The highest BCUT2D eigenvalue weighted by atomic mass is 32.2. The average molecular weight is 311 g/mol. The lowest BCUT2D eigenvalue weighted by molar-refractivity contribution is 0.409. The molecule has 0 bridgehead atoms. The molecule has 0 amide bonds. The summed E-state index contributed by atoms with van der Waals surface area (Å²) in [7, 11) is 1.68.